The van der Waals surface area contributed by atoms with Gasteiger partial charge in [-0.3, -0.25) is 4.79 Å². The van der Waals surface area contributed by atoms with Gasteiger partial charge in [-0.15, -0.1) is 5.10 Å². The molecule has 0 radical (unpaired) electrons. The minimum absolute atomic E-state index is 0.00152. The van der Waals surface area contributed by atoms with E-state index in [1.807, 2.05) is 27.5 Å². The lowest BCUT2D eigenvalue weighted by Crippen LogP contribution is -2.51. The summed E-state index contributed by atoms with van der Waals surface area (Å²) in [6.45, 7) is 4.36. The highest BCUT2D eigenvalue weighted by Gasteiger charge is 2.29. The van der Waals surface area contributed by atoms with Crippen molar-refractivity contribution < 1.29 is 23.7 Å². The molecule has 3 aliphatic rings. The molecule has 9 nitrogen and oxygen atoms in total. The van der Waals surface area contributed by atoms with E-state index < -0.39 is 0 Å². The first-order valence-corrected chi connectivity index (χ1v) is 12.1. The Balaban J connectivity index is 1.23. The van der Waals surface area contributed by atoms with Gasteiger partial charge in [0.05, 0.1) is 56.9 Å². The van der Waals surface area contributed by atoms with Crippen LogP contribution in [0.15, 0.2) is 6.20 Å². The van der Waals surface area contributed by atoms with Gasteiger partial charge in [0.15, 0.2) is 0 Å². The zero-order valence-corrected chi connectivity index (χ0v) is 18.3. The molecule has 2 unspecified atom stereocenters. The summed E-state index contributed by atoms with van der Waals surface area (Å²) in [7, 11) is 0. The van der Waals surface area contributed by atoms with Crippen molar-refractivity contribution in [3.05, 3.63) is 11.9 Å². The number of carbonyl (C=O) groups is 1. The SMILES string of the molecule is O=C(COC1CCOC1)N1CCOCC1Cc1cn(CCOC2CCSCC2)nn1. The average Bonchev–Trinajstić information content (AvgIpc) is 3.45. The fourth-order valence-electron chi connectivity index (χ4n) is 4.01. The highest BCUT2D eigenvalue weighted by atomic mass is 32.2. The second-order valence-electron chi connectivity index (χ2n) is 7.97. The summed E-state index contributed by atoms with van der Waals surface area (Å²) >= 11 is 2.00. The average molecular weight is 441 g/mol. The van der Waals surface area contributed by atoms with Crippen LogP contribution in [0.5, 0.6) is 0 Å². The van der Waals surface area contributed by atoms with Crippen molar-refractivity contribution in [2.24, 2.45) is 0 Å². The zero-order valence-electron chi connectivity index (χ0n) is 17.4. The van der Waals surface area contributed by atoms with Crippen molar-refractivity contribution in [3.63, 3.8) is 0 Å². The fraction of sp³-hybridized carbons (Fsp3) is 0.850. The molecule has 0 saturated carbocycles. The van der Waals surface area contributed by atoms with Crippen molar-refractivity contribution >= 4 is 17.7 Å². The van der Waals surface area contributed by atoms with E-state index >= 15 is 0 Å². The number of nitrogens with zero attached hydrogens (tertiary/aromatic N) is 4. The normalized spacial score (nSPS) is 25.7. The molecule has 0 aromatic carbocycles. The number of carbonyl (C=O) groups excluding carboxylic acids is 1. The minimum Gasteiger partial charge on any atom is -0.379 e. The number of hydrogen-bond donors (Lipinski definition) is 0. The Morgan fingerprint density at radius 3 is 2.83 bits per heavy atom. The maximum absolute atomic E-state index is 12.7. The molecule has 3 fully saturated rings. The molecule has 10 heteroatoms. The molecule has 0 spiro atoms. The molecule has 1 aromatic heterocycles. The predicted octanol–water partition coefficient (Wildman–Crippen LogP) is 0.766. The Kier molecular flexibility index (Phi) is 8.38. The van der Waals surface area contributed by atoms with Gasteiger partial charge in [0.2, 0.25) is 5.91 Å². The standard InChI is InChI=1S/C20H32N4O5S/c25-20(15-29-19-1-6-26-14-19)24-5-7-27-13-17(24)11-16-12-23(22-21-16)4-8-28-18-2-9-30-10-3-18/h12,17-19H,1-11,13-15H2. The Bertz CT molecular complexity index is 663. The summed E-state index contributed by atoms with van der Waals surface area (Å²) in [6, 6.07) is -0.0455. The lowest BCUT2D eigenvalue weighted by Gasteiger charge is -2.35. The Morgan fingerprint density at radius 1 is 1.13 bits per heavy atom. The molecule has 1 aromatic rings. The van der Waals surface area contributed by atoms with Gasteiger partial charge in [0.25, 0.3) is 0 Å². The van der Waals surface area contributed by atoms with E-state index in [2.05, 4.69) is 10.3 Å². The maximum Gasteiger partial charge on any atom is 0.249 e. The third kappa shape index (κ3) is 6.40. The molecule has 0 bridgehead atoms. The van der Waals surface area contributed by atoms with Gasteiger partial charge in [-0.25, -0.2) is 4.68 Å². The van der Waals surface area contributed by atoms with Crippen LogP contribution in [0.25, 0.3) is 0 Å². The van der Waals surface area contributed by atoms with Crippen LogP contribution < -0.4 is 0 Å². The largest absolute Gasteiger partial charge is 0.379 e. The van der Waals surface area contributed by atoms with E-state index in [0.29, 0.717) is 58.6 Å². The van der Waals surface area contributed by atoms with Gasteiger partial charge in [-0.05, 0) is 30.8 Å². The lowest BCUT2D eigenvalue weighted by molar-refractivity contribution is -0.146. The number of hydrogen-bond acceptors (Lipinski definition) is 8. The first-order chi connectivity index (χ1) is 14.8. The van der Waals surface area contributed by atoms with Crippen molar-refractivity contribution in [2.75, 3.05) is 57.7 Å². The highest BCUT2D eigenvalue weighted by molar-refractivity contribution is 7.99. The summed E-state index contributed by atoms with van der Waals surface area (Å²) in [6.07, 6.45) is 6.11. The van der Waals surface area contributed by atoms with Gasteiger partial charge in [0.1, 0.15) is 6.61 Å². The first-order valence-electron chi connectivity index (χ1n) is 10.9. The highest BCUT2D eigenvalue weighted by Crippen LogP contribution is 2.19. The molecule has 3 saturated heterocycles. The van der Waals surface area contributed by atoms with Gasteiger partial charge >= 0.3 is 0 Å². The lowest BCUT2D eigenvalue weighted by atomic mass is 10.1. The van der Waals surface area contributed by atoms with Crippen LogP contribution in [0.2, 0.25) is 0 Å². The number of rotatable bonds is 9. The third-order valence-electron chi connectivity index (χ3n) is 5.75. The van der Waals surface area contributed by atoms with Crippen molar-refractivity contribution in [1.29, 1.82) is 0 Å². The molecular weight excluding hydrogens is 408 g/mol. The molecule has 1 amide bonds. The maximum atomic E-state index is 12.7. The summed E-state index contributed by atoms with van der Waals surface area (Å²) in [5.74, 6) is 2.38. The molecule has 168 valence electrons. The summed E-state index contributed by atoms with van der Waals surface area (Å²) in [5.41, 5.74) is 0.863. The smallest absolute Gasteiger partial charge is 0.249 e. The number of amides is 1. The fourth-order valence-corrected chi connectivity index (χ4v) is 5.07. The Morgan fingerprint density at radius 2 is 2.00 bits per heavy atom. The predicted molar refractivity (Wildman–Crippen MR) is 112 cm³/mol. The zero-order chi connectivity index (χ0) is 20.6. The van der Waals surface area contributed by atoms with E-state index in [-0.39, 0.29) is 24.7 Å². The van der Waals surface area contributed by atoms with Crippen LogP contribution in [0.3, 0.4) is 0 Å². The molecule has 2 atom stereocenters. The van der Waals surface area contributed by atoms with Crippen LogP contribution in [-0.2, 0) is 36.7 Å². The van der Waals surface area contributed by atoms with Gasteiger partial charge in [-0.2, -0.15) is 11.8 Å². The van der Waals surface area contributed by atoms with Crippen LogP contribution >= 0.6 is 11.8 Å². The molecule has 4 heterocycles. The van der Waals surface area contributed by atoms with Crippen LogP contribution in [0, 0.1) is 0 Å². The number of ether oxygens (including phenoxy) is 4. The first kappa shape index (κ1) is 22.0. The third-order valence-corrected chi connectivity index (χ3v) is 6.80. The van der Waals surface area contributed by atoms with Crippen molar-refractivity contribution in [3.8, 4) is 0 Å². The van der Waals surface area contributed by atoms with E-state index in [1.165, 1.54) is 11.5 Å². The molecule has 0 N–H and O–H groups in total. The van der Waals surface area contributed by atoms with Crippen LogP contribution in [0.1, 0.15) is 25.0 Å². The monoisotopic (exact) mass is 440 g/mol. The summed E-state index contributed by atoms with van der Waals surface area (Å²) in [4.78, 5) is 14.6. The molecule has 0 aliphatic carbocycles. The molecule has 3 aliphatic heterocycles. The van der Waals surface area contributed by atoms with Gasteiger partial charge in [-0.1, -0.05) is 5.21 Å². The number of morpholine rings is 1. The van der Waals surface area contributed by atoms with Gasteiger partial charge in [0, 0.05) is 25.8 Å². The minimum atomic E-state index is -0.0455. The second kappa shape index (κ2) is 11.4. The van der Waals surface area contributed by atoms with E-state index in [0.717, 1.165) is 25.0 Å². The topological polar surface area (TPSA) is 87.9 Å². The van der Waals surface area contributed by atoms with Gasteiger partial charge < -0.3 is 23.8 Å². The quantitative estimate of drug-likeness (QED) is 0.556. The van der Waals surface area contributed by atoms with E-state index in [4.69, 9.17) is 18.9 Å². The van der Waals surface area contributed by atoms with E-state index in [9.17, 15) is 4.79 Å². The molecule has 30 heavy (non-hydrogen) atoms. The number of thioether (sulfide) groups is 1. The van der Waals surface area contributed by atoms with E-state index in [1.54, 1.807) is 0 Å². The van der Waals surface area contributed by atoms with Crippen LogP contribution in [-0.4, -0.2) is 102 Å². The summed E-state index contributed by atoms with van der Waals surface area (Å²) < 4.78 is 24.4. The van der Waals surface area contributed by atoms with Crippen molar-refractivity contribution in [1.82, 2.24) is 19.9 Å². The Labute approximate surface area is 181 Å². The molecule has 4 rings (SSSR count). The molecular formula is C20H32N4O5S. The summed E-state index contributed by atoms with van der Waals surface area (Å²) in [5, 5.41) is 8.51. The number of aromatic nitrogens is 3. The Hall–Kier alpha value is -1.20. The van der Waals surface area contributed by atoms with Crippen LogP contribution in [0.4, 0.5) is 0 Å². The van der Waals surface area contributed by atoms with Crippen molar-refractivity contribution in [2.45, 2.75) is 50.5 Å². The second-order valence-corrected chi connectivity index (χ2v) is 9.20.